The summed E-state index contributed by atoms with van der Waals surface area (Å²) >= 11 is 0. The van der Waals surface area contributed by atoms with E-state index in [9.17, 15) is 19.1 Å². The fourth-order valence-corrected chi connectivity index (χ4v) is 3.36. The first-order chi connectivity index (χ1) is 12.9. The second-order valence-corrected chi connectivity index (χ2v) is 7.74. The van der Waals surface area contributed by atoms with Crippen molar-refractivity contribution < 1.29 is 23.9 Å². The maximum atomic E-state index is 11.4. The first-order valence-corrected chi connectivity index (χ1v) is 9.97. The Labute approximate surface area is 156 Å². The van der Waals surface area contributed by atoms with E-state index < -0.39 is 13.8 Å². The molecule has 3 aromatic rings. The second kappa shape index (κ2) is 7.88. The van der Waals surface area contributed by atoms with Crippen molar-refractivity contribution in [1.82, 2.24) is 9.78 Å². The van der Waals surface area contributed by atoms with Crippen molar-refractivity contribution in [3.8, 4) is 17.0 Å². The van der Waals surface area contributed by atoms with Gasteiger partial charge in [0.15, 0.2) is 0 Å². The molecule has 0 aliphatic heterocycles. The first kappa shape index (κ1) is 19.0. The topological polar surface area (TPSA) is 102 Å². The van der Waals surface area contributed by atoms with Crippen LogP contribution in [0.2, 0.25) is 0 Å². The molecule has 0 aliphatic carbocycles. The summed E-state index contributed by atoms with van der Waals surface area (Å²) in [5, 5.41) is 4.37. The van der Waals surface area contributed by atoms with Gasteiger partial charge in [-0.15, -0.1) is 0 Å². The number of rotatable bonds is 7. The number of methoxy groups -OCH3 is 1. The average molecular weight is 386 g/mol. The van der Waals surface area contributed by atoms with Crippen molar-refractivity contribution in [3.05, 3.63) is 71.4 Å². The molecule has 0 radical (unpaired) electrons. The smallest absolute Gasteiger partial charge is 0.331 e. The van der Waals surface area contributed by atoms with Gasteiger partial charge in [0, 0.05) is 11.1 Å². The van der Waals surface area contributed by atoms with Gasteiger partial charge in [-0.25, -0.2) is 0 Å². The van der Waals surface area contributed by atoms with Gasteiger partial charge in [0.1, 0.15) is 12.0 Å². The monoisotopic (exact) mass is 386 g/mol. The highest BCUT2D eigenvalue weighted by Crippen LogP contribution is 2.39. The number of benzene rings is 2. The van der Waals surface area contributed by atoms with E-state index in [1.165, 1.54) is 0 Å². The molecule has 0 spiro atoms. The van der Waals surface area contributed by atoms with Gasteiger partial charge >= 0.3 is 7.60 Å². The summed E-state index contributed by atoms with van der Waals surface area (Å²) in [6.07, 6.45) is 0.313. The summed E-state index contributed by atoms with van der Waals surface area (Å²) in [7, 11) is -2.65. The fourth-order valence-electron chi connectivity index (χ4n) is 2.79. The Bertz CT molecular complexity index is 992. The van der Waals surface area contributed by atoms with Gasteiger partial charge in [0.25, 0.3) is 0 Å². The van der Waals surface area contributed by atoms with Crippen molar-refractivity contribution in [2.75, 3.05) is 7.11 Å². The highest BCUT2D eigenvalue weighted by molar-refractivity contribution is 7.50. The average Bonchev–Trinajstić information content (AvgIpc) is 3.02. The number of hydrogen-bond donors (Lipinski definition) is 2. The molecule has 0 fully saturated rings. The zero-order valence-corrected chi connectivity index (χ0v) is 15.5. The molecule has 0 bridgehead atoms. The number of aromatic nitrogens is 2. The lowest BCUT2D eigenvalue weighted by Gasteiger charge is -2.09. The van der Waals surface area contributed by atoms with Crippen LogP contribution in [0.3, 0.4) is 0 Å². The van der Waals surface area contributed by atoms with Crippen LogP contribution < -0.4 is 4.74 Å². The van der Waals surface area contributed by atoms with Crippen LogP contribution in [-0.4, -0.2) is 33.0 Å². The third-order valence-electron chi connectivity index (χ3n) is 4.01. The lowest BCUT2D eigenvalue weighted by Crippen LogP contribution is -2.04. The molecule has 2 N–H and O–H groups in total. The zero-order valence-electron chi connectivity index (χ0n) is 14.6. The molecule has 0 saturated carbocycles. The molecule has 1 aromatic heterocycles. The molecule has 140 valence electrons. The third kappa shape index (κ3) is 4.92. The Hall–Kier alpha value is -2.73. The lowest BCUT2D eigenvalue weighted by atomic mass is 10.1. The van der Waals surface area contributed by atoms with Crippen molar-refractivity contribution >= 4 is 13.9 Å². The standard InChI is InChI=1S/C19H19N2O5P/c1-26-18-7-5-14(6-8-18)11-21-19(10-17(20-21)13-27(23,24)25)16-4-2-3-15(9-16)12-22/h2-10,12H,11,13H2,1H3,(H2,23,24,25). The van der Waals surface area contributed by atoms with Crippen LogP contribution in [-0.2, 0) is 17.3 Å². The predicted octanol–water partition coefficient (Wildman–Crippen LogP) is 3.10. The molecule has 0 amide bonds. The van der Waals surface area contributed by atoms with Crippen LogP contribution >= 0.6 is 7.60 Å². The SMILES string of the molecule is COc1ccc(Cn2nc(CP(=O)(O)O)cc2-c2cccc(C=O)c2)cc1. The fraction of sp³-hybridized carbons (Fsp3) is 0.158. The maximum Gasteiger partial charge on any atom is 0.331 e. The van der Waals surface area contributed by atoms with Gasteiger partial charge in [-0.05, 0) is 29.8 Å². The summed E-state index contributed by atoms with van der Waals surface area (Å²) in [6, 6.07) is 16.1. The van der Waals surface area contributed by atoms with Gasteiger partial charge in [0.05, 0.1) is 31.2 Å². The summed E-state index contributed by atoms with van der Waals surface area (Å²) < 4.78 is 18.2. The number of aldehydes is 1. The molecule has 0 aliphatic rings. The minimum Gasteiger partial charge on any atom is -0.497 e. The highest BCUT2D eigenvalue weighted by Gasteiger charge is 2.19. The van der Waals surface area contributed by atoms with E-state index in [0.717, 1.165) is 23.2 Å². The lowest BCUT2D eigenvalue weighted by molar-refractivity contribution is 0.112. The number of hydrogen-bond acceptors (Lipinski definition) is 4. The molecular formula is C19H19N2O5P. The maximum absolute atomic E-state index is 11.4. The largest absolute Gasteiger partial charge is 0.497 e. The molecule has 8 heteroatoms. The van der Waals surface area contributed by atoms with Crippen LogP contribution in [0.5, 0.6) is 5.75 Å². The predicted molar refractivity (Wildman–Crippen MR) is 101 cm³/mol. The molecule has 7 nitrogen and oxygen atoms in total. The Morgan fingerprint density at radius 3 is 2.52 bits per heavy atom. The summed E-state index contributed by atoms with van der Waals surface area (Å²) in [6.45, 7) is 0.409. The highest BCUT2D eigenvalue weighted by atomic mass is 31.2. The van der Waals surface area contributed by atoms with E-state index in [4.69, 9.17) is 4.74 Å². The van der Waals surface area contributed by atoms with Crippen LogP contribution in [0.15, 0.2) is 54.6 Å². The normalized spacial score (nSPS) is 11.4. The van der Waals surface area contributed by atoms with Crippen LogP contribution in [0, 0.1) is 0 Å². The Balaban J connectivity index is 2.01. The minimum atomic E-state index is -4.24. The first-order valence-electron chi connectivity index (χ1n) is 8.18. The molecule has 27 heavy (non-hydrogen) atoms. The van der Waals surface area contributed by atoms with E-state index in [-0.39, 0.29) is 0 Å². The van der Waals surface area contributed by atoms with E-state index in [1.54, 1.807) is 36.1 Å². The quantitative estimate of drug-likeness (QED) is 0.478. The number of carbonyl (C=O) groups is 1. The van der Waals surface area contributed by atoms with Crippen LogP contribution in [0.25, 0.3) is 11.3 Å². The van der Waals surface area contributed by atoms with Gasteiger partial charge in [0.2, 0.25) is 0 Å². The van der Waals surface area contributed by atoms with Crippen molar-refractivity contribution in [2.45, 2.75) is 12.7 Å². The molecule has 0 atom stereocenters. The zero-order chi connectivity index (χ0) is 19.4. The number of nitrogens with zero attached hydrogens (tertiary/aromatic N) is 2. The summed E-state index contributed by atoms with van der Waals surface area (Å²) in [4.78, 5) is 29.6. The van der Waals surface area contributed by atoms with Gasteiger partial charge in [-0.2, -0.15) is 5.10 Å². The minimum absolute atomic E-state index is 0.295. The molecule has 2 aromatic carbocycles. The van der Waals surface area contributed by atoms with Gasteiger partial charge < -0.3 is 14.5 Å². The Morgan fingerprint density at radius 1 is 1.15 bits per heavy atom. The van der Waals surface area contributed by atoms with E-state index in [0.29, 0.717) is 23.5 Å². The molecule has 0 saturated heterocycles. The number of ether oxygens (including phenoxy) is 1. The second-order valence-electron chi connectivity index (χ2n) is 6.09. The van der Waals surface area contributed by atoms with E-state index >= 15 is 0 Å². The number of carbonyl (C=O) groups excluding carboxylic acids is 1. The summed E-state index contributed by atoms with van der Waals surface area (Å²) in [5.41, 5.74) is 3.19. The molecular weight excluding hydrogens is 367 g/mol. The summed E-state index contributed by atoms with van der Waals surface area (Å²) in [5.74, 6) is 0.736. The Morgan fingerprint density at radius 2 is 1.89 bits per heavy atom. The molecule has 3 rings (SSSR count). The van der Waals surface area contributed by atoms with E-state index in [1.807, 2.05) is 30.3 Å². The van der Waals surface area contributed by atoms with E-state index in [2.05, 4.69) is 5.10 Å². The van der Waals surface area contributed by atoms with Crippen LogP contribution in [0.1, 0.15) is 21.6 Å². The molecule has 1 heterocycles. The third-order valence-corrected chi connectivity index (χ3v) is 4.74. The van der Waals surface area contributed by atoms with Crippen molar-refractivity contribution in [1.29, 1.82) is 0 Å². The van der Waals surface area contributed by atoms with Crippen molar-refractivity contribution in [3.63, 3.8) is 0 Å². The van der Waals surface area contributed by atoms with Crippen LogP contribution in [0.4, 0.5) is 0 Å². The van der Waals surface area contributed by atoms with Crippen molar-refractivity contribution in [2.24, 2.45) is 0 Å². The molecule has 0 unspecified atom stereocenters. The Kier molecular flexibility index (Phi) is 5.56. The van der Waals surface area contributed by atoms with Gasteiger partial charge in [-0.1, -0.05) is 30.3 Å². The van der Waals surface area contributed by atoms with Gasteiger partial charge in [-0.3, -0.25) is 14.0 Å².